The molecule has 2 N–H and O–H groups in total. The Kier molecular flexibility index (Phi) is 2.64. The molecule has 1 aromatic heterocycles. The van der Waals surface area contributed by atoms with Gasteiger partial charge in [0, 0.05) is 6.42 Å². The van der Waals surface area contributed by atoms with Crippen molar-refractivity contribution in [3.05, 3.63) is 17.2 Å². The molecule has 4 aliphatic carbocycles. The number of nitrogens with two attached hydrogens (primary N) is 1. The molecule has 20 heavy (non-hydrogen) atoms. The van der Waals surface area contributed by atoms with Gasteiger partial charge in [-0.25, -0.2) is 9.97 Å². The number of hydrogen-bond acceptors (Lipinski definition) is 3. The van der Waals surface area contributed by atoms with E-state index in [4.69, 9.17) is 5.73 Å². The van der Waals surface area contributed by atoms with Crippen molar-refractivity contribution in [2.45, 2.75) is 58.8 Å². The third kappa shape index (κ3) is 1.94. The van der Waals surface area contributed by atoms with Crippen molar-refractivity contribution in [2.24, 2.45) is 23.2 Å². The van der Waals surface area contributed by atoms with Gasteiger partial charge in [0.1, 0.15) is 5.82 Å². The molecule has 0 amide bonds. The normalized spacial score (nSPS) is 38.4. The zero-order valence-corrected chi connectivity index (χ0v) is 12.7. The van der Waals surface area contributed by atoms with E-state index < -0.39 is 0 Å². The Labute approximate surface area is 121 Å². The zero-order valence-electron chi connectivity index (χ0n) is 12.7. The van der Waals surface area contributed by atoms with Crippen LogP contribution in [0.15, 0.2) is 0 Å². The van der Waals surface area contributed by atoms with Crippen LogP contribution < -0.4 is 5.73 Å². The fourth-order valence-corrected chi connectivity index (χ4v) is 5.72. The highest BCUT2D eigenvalue weighted by molar-refractivity contribution is 5.46. The summed E-state index contributed by atoms with van der Waals surface area (Å²) in [7, 11) is 0. The summed E-state index contributed by atoms with van der Waals surface area (Å²) in [5, 5.41) is 0. The first-order chi connectivity index (χ1) is 9.53. The number of aryl methyl sites for hydroxylation is 2. The van der Waals surface area contributed by atoms with E-state index in [-0.39, 0.29) is 0 Å². The summed E-state index contributed by atoms with van der Waals surface area (Å²) in [6.45, 7) is 4.01. The van der Waals surface area contributed by atoms with Gasteiger partial charge in [0.05, 0.1) is 17.1 Å². The van der Waals surface area contributed by atoms with Gasteiger partial charge in [-0.1, -0.05) is 0 Å². The topological polar surface area (TPSA) is 51.8 Å². The second-order valence-corrected chi connectivity index (χ2v) is 7.82. The zero-order chi connectivity index (χ0) is 13.9. The van der Waals surface area contributed by atoms with Crippen LogP contribution >= 0.6 is 0 Å². The Hall–Kier alpha value is -1.12. The molecule has 0 aromatic carbocycles. The predicted molar refractivity (Wildman–Crippen MR) is 80.2 cm³/mol. The van der Waals surface area contributed by atoms with Crippen molar-refractivity contribution in [2.75, 3.05) is 5.73 Å². The lowest BCUT2D eigenvalue weighted by atomic mass is 9.49. The Morgan fingerprint density at radius 1 is 0.950 bits per heavy atom. The van der Waals surface area contributed by atoms with E-state index in [2.05, 4.69) is 9.97 Å². The summed E-state index contributed by atoms with van der Waals surface area (Å²) in [6, 6.07) is 0. The van der Waals surface area contributed by atoms with Crippen molar-refractivity contribution in [3.63, 3.8) is 0 Å². The molecule has 3 nitrogen and oxygen atoms in total. The smallest absolute Gasteiger partial charge is 0.129 e. The second kappa shape index (κ2) is 4.19. The molecule has 0 radical (unpaired) electrons. The average Bonchev–Trinajstić information content (AvgIpc) is 2.33. The molecular formula is C17H25N3. The fraction of sp³-hybridized carbons (Fsp3) is 0.765. The quantitative estimate of drug-likeness (QED) is 0.896. The molecule has 4 saturated carbocycles. The van der Waals surface area contributed by atoms with E-state index in [1.807, 2.05) is 13.8 Å². The first-order valence-electron chi connectivity index (χ1n) is 8.13. The van der Waals surface area contributed by atoms with Crippen LogP contribution in [0.1, 0.15) is 55.7 Å². The van der Waals surface area contributed by atoms with Crippen LogP contribution in [0.2, 0.25) is 0 Å². The van der Waals surface area contributed by atoms with Crippen LogP contribution in [-0.4, -0.2) is 9.97 Å². The van der Waals surface area contributed by atoms with Crippen molar-refractivity contribution in [3.8, 4) is 0 Å². The lowest BCUT2D eigenvalue weighted by Crippen LogP contribution is -2.47. The molecule has 5 rings (SSSR count). The van der Waals surface area contributed by atoms with Crippen LogP contribution in [0, 0.1) is 37.0 Å². The van der Waals surface area contributed by atoms with Crippen molar-refractivity contribution in [1.29, 1.82) is 0 Å². The molecule has 4 fully saturated rings. The Morgan fingerprint density at radius 2 is 1.40 bits per heavy atom. The fourth-order valence-electron chi connectivity index (χ4n) is 5.72. The molecule has 0 unspecified atom stereocenters. The highest BCUT2D eigenvalue weighted by Crippen LogP contribution is 2.60. The van der Waals surface area contributed by atoms with Gasteiger partial charge in [-0.05, 0) is 75.5 Å². The minimum Gasteiger partial charge on any atom is -0.396 e. The maximum absolute atomic E-state index is 5.99. The van der Waals surface area contributed by atoms with E-state index in [0.717, 1.165) is 47.1 Å². The lowest BCUT2D eigenvalue weighted by Gasteiger charge is -2.56. The first-order valence-corrected chi connectivity index (χ1v) is 8.13. The number of hydrogen-bond donors (Lipinski definition) is 1. The molecule has 3 heteroatoms. The summed E-state index contributed by atoms with van der Waals surface area (Å²) in [6.07, 6.45) is 9.85. The second-order valence-electron chi connectivity index (χ2n) is 7.82. The van der Waals surface area contributed by atoms with Crippen molar-refractivity contribution >= 4 is 5.69 Å². The first kappa shape index (κ1) is 12.6. The molecule has 4 bridgehead atoms. The van der Waals surface area contributed by atoms with Crippen molar-refractivity contribution < 1.29 is 0 Å². The van der Waals surface area contributed by atoms with Gasteiger partial charge >= 0.3 is 0 Å². The minimum absolute atomic E-state index is 0.518. The molecule has 0 atom stereocenters. The highest BCUT2D eigenvalue weighted by atomic mass is 14.9. The Bertz CT molecular complexity index is 491. The summed E-state index contributed by atoms with van der Waals surface area (Å²) < 4.78 is 0. The molecule has 0 aliphatic heterocycles. The van der Waals surface area contributed by atoms with Gasteiger partial charge in [0.15, 0.2) is 0 Å². The molecule has 1 heterocycles. The lowest BCUT2D eigenvalue weighted by molar-refractivity contribution is -0.0532. The van der Waals surface area contributed by atoms with Gasteiger partial charge < -0.3 is 5.73 Å². The Balaban J connectivity index is 1.63. The van der Waals surface area contributed by atoms with E-state index in [1.54, 1.807) is 0 Å². The summed E-state index contributed by atoms with van der Waals surface area (Å²) >= 11 is 0. The monoisotopic (exact) mass is 271 g/mol. The maximum atomic E-state index is 5.99. The van der Waals surface area contributed by atoms with Gasteiger partial charge in [-0.15, -0.1) is 0 Å². The molecule has 1 aromatic rings. The number of nitrogen functional groups attached to an aromatic ring is 1. The third-order valence-electron chi connectivity index (χ3n) is 6.07. The van der Waals surface area contributed by atoms with E-state index in [0.29, 0.717) is 5.41 Å². The standard InChI is InChI=1S/C17H25N3/c1-10-16(18)11(2)20-15(19-10)9-17-6-12-3-13(7-17)5-14(4-12)8-17/h12-14H,3-9,18H2,1-2H3. The van der Waals surface area contributed by atoms with E-state index in [9.17, 15) is 0 Å². The SMILES string of the molecule is Cc1nc(CC23CC4CC(CC(C4)C2)C3)nc(C)c1N. The van der Waals surface area contributed by atoms with Crippen LogP contribution in [0.25, 0.3) is 0 Å². The van der Waals surface area contributed by atoms with Gasteiger partial charge in [0.2, 0.25) is 0 Å². The van der Waals surface area contributed by atoms with Gasteiger partial charge in [0.25, 0.3) is 0 Å². The third-order valence-corrected chi connectivity index (χ3v) is 6.07. The Morgan fingerprint density at radius 3 is 1.85 bits per heavy atom. The minimum atomic E-state index is 0.518. The van der Waals surface area contributed by atoms with Crippen LogP contribution in [0.5, 0.6) is 0 Å². The van der Waals surface area contributed by atoms with E-state index >= 15 is 0 Å². The van der Waals surface area contributed by atoms with Gasteiger partial charge in [-0.3, -0.25) is 0 Å². The number of rotatable bonds is 2. The number of nitrogens with zero attached hydrogens (tertiary/aromatic N) is 2. The van der Waals surface area contributed by atoms with Crippen LogP contribution in [-0.2, 0) is 6.42 Å². The number of anilines is 1. The van der Waals surface area contributed by atoms with Crippen LogP contribution in [0.3, 0.4) is 0 Å². The molecular weight excluding hydrogens is 246 g/mol. The highest BCUT2D eigenvalue weighted by Gasteiger charge is 2.51. The van der Waals surface area contributed by atoms with Crippen LogP contribution in [0.4, 0.5) is 5.69 Å². The summed E-state index contributed by atoms with van der Waals surface area (Å²) in [4.78, 5) is 9.35. The molecule has 0 spiro atoms. The number of aromatic nitrogens is 2. The van der Waals surface area contributed by atoms with Gasteiger partial charge in [-0.2, -0.15) is 0 Å². The summed E-state index contributed by atoms with van der Waals surface area (Å²) in [5.41, 5.74) is 9.18. The maximum Gasteiger partial charge on any atom is 0.129 e. The molecule has 0 saturated heterocycles. The molecule has 108 valence electrons. The largest absolute Gasteiger partial charge is 0.396 e. The summed E-state index contributed by atoms with van der Waals surface area (Å²) in [5.74, 6) is 4.03. The van der Waals surface area contributed by atoms with E-state index in [1.165, 1.54) is 38.5 Å². The van der Waals surface area contributed by atoms with Crippen molar-refractivity contribution in [1.82, 2.24) is 9.97 Å². The predicted octanol–water partition coefficient (Wildman–Crippen LogP) is 3.43. The molecule has 4 aliphatic rings. The average molecular weight is 271 g/mol.